The lowest BCUT2D eigenvalue weighted by Gasteiger charge is -2.24. The average molecular weight is 214 g/mol. The van der Waals surface area contributed by atoms with E-state index in [2.05, 4.69) is 22.0 Å². The van der Waals surface area contributed by atoms with E-state index >= 15 is 0 Å². The Labute approximate surface area is 91.8 Å². The predicted octanol–water partition coefficient (Wildman–Crippen LogP) is 1.57. The monoisotopic (exact) mass is 214 g/mol. The van der Waals surface area contributed by atoms with Crippen LogP contribution in [0.2, 0.25) is 0 Å². The van der Waals surface area contributed by atoms with Crippen molar-refractivity contribution in [3.8, 4) is 0 Å². The van der Waals surface area contributed by atoms with Gasteiger partial charge in [0.2, 0.25) is 0 Å². The topological polar surface area (TPSA) is 15.3 Å². The van der Waals surface area contributed by atoms with Gasteiger partial charge in [0, 0.05) is 24.9 Å². The van der Waals surface area contributed by atoms with Gasteiger partial charge in [0.05, 0.1) is 0 Å². The van der Waals surface area contributed by atoms with Crippen LogP contribution >= 0.6 is 11.8 Å². The Morgan fingerprint density at radius 2 is 2.07 bits per heavy atom. The van der Waals surface area contributed by atoms with E-state index in [0.717, 1.165) is 6.04 Å². The highest BCUT2D eigenvalue weighted by atomic mass is 32.2. The van der Waals surface area contributed by atoms with Gasteiger partial charge in [0.15, 0.2) is 0 Å². The van der Waals surface area contributed by atoms with E-state index in [9.17, 15) is 0 Å². The molecule has 0 bridgehead atoms. The van der Waals surface area contributed by atoms with E-state index in [1.807, 2.05) is 0 Å². The molecule has 0 spiro atoms. The second-order valence-electron chi connectivity index (χ2n) is 4.42. The van der Waals surface area contributed by atoms with Crippen molar-refractivity contribution in [3.05, 3.63) is 0 Å². The number of nitrogens with one attached hydrogen (secondary N) is 1. The van der Waals surface area contributed by atoms with Crippen LogP contribution in [0.25, 0.3) is 0 Å². The lowest BCUT2D eigenvalue weighted by molar-refractivity contribution is 0.327. The Kier molecular flexibility index (Phi) is 4.61. The molecule has 14 heavy (non-hydrogen) atoms. The molecule has 2 heterocycles. The number of rotatable bonds is 4. The highest BCUT2D eigenvalue weighted by molar-refractivity contribution is 7.99. The summed E-state index contributed by atoms with van der Waals surface area (Å²) in [6, 6.07) is 0.802. The van der Waals surface area contributed by atoms with Crippen molar-refractivity contribution >= 4 is 11.8 Å². The molecule has 0 aromatic carbocycles. The van der Waals surface area contributed by atoms with Crippen LogP contribution in [-0.4, -0.2) is 48.6 Å². The Balaban J connectivity index is 1.52. The fourth-order valence-corrected chi connectivity index (χ4v) is 3.44. The molecule has 1 N–H and O–H groups in total. The zero-order valence-electron chi connectivity index (χ0n) is 9.00. The third-order valence-electron chi connectivity index (χ3n) is 3.22. The molecule has 3 heteroatoms. The van der Waals surface area contributed by atoms with Gasteiger partial charge in [-0.1, -0.05) is 0 Å². The van der Waals surface area contributed by atoms with E-state index in [0.29, 0.717) is 0 Å². The minimum Gasteiger partial charge on any atom is -0.312 e. The van der Waals surface area contributed by atoms with Crippen LogP contribution in [0.3, 0.4) is 0 Å². The minimum absolute atomic E-state index is 0.802. The first-order valence-corrected chi connectivity index (χ1v) is 7.14. The smallest absolute Gasteiger partial charge is 0.0159 e. The fourth-order valence-electron chi connectivity index (χ4n) is 2.33. The molecule has 0 aliphatic carbocycles. The minimum atomic E-state index is 0.802. The maximum Gasteiger partial charge on any atom is 0.0159 e. The summed E-state index contributed by atoms with van der Waals surface area (Å²) in [5.41, 5.74) is 0. The van der Waals surface area contributed by atoms with Crippen molar-refractivity contribution in [3.63, 3.8) is 0 Å². The molecule has 2 aliphatic rings. The highest BCUT2D eigenvalue weighted by Crippen LogP contribution is 2.16. The number of nitrogens with zero attached hydrogens (tertiary/aromatic N) is 1. The van der Waals surface area contributed by atoms with Crippen LogP contribution in [-0.2, 0) is 0 Å². The molecule has 0 amide bonds. The van der Waals surface area contributed by atoms with Gasteiger partial charge in [0.25, 0.3) is 0 Å². The summed E-state index contributed by atoms with van der Waals surface area (Å²) < 4.78 is 0. The third-order valence-corrected chi connectivity index (χ3v) is 4.44. The molecule has 2 nitrogen and oxygen atoms in total. The van der Waals surface area contributed by atoms with Crippen molar-refractivity contribution < 1.29 is 0 Å². The summed E-state index contributed by atoms with van der Waals surface area (Å²) in [5, 5.41) is 3.69. The van der Waals surface area contributed by atoms with Gasteiger partial charge in [-0.05, 0) is 44.5 Å². The first-order valence-electron chi connectivity index (χ1n) is 5.98. The molecular weight excluding hydrogens is 192 g/mol. The number of hydrogen-bond acceptors (Lipinski definition) is 3. The Morgan fingerprint density at radius 1 is 1.21 bits per heavy atom. The molecule has 0 aromatic heterocycles. The van der Waals surface area contributed by atoms with E-state index in [1.54, 1.807) is 0 Å². The largest absolute Gasteiger partial charge is 0.312 e. The lowest BCUT2D eigenvalue weighted by atomic mass is 10.2. The Hall–Kier alpha value is 0.270. The summed E-state index contributed by atoms with van der Waals surface area (Å²) in [6.07, 6.45) is 5.64. The second-order valence-corrected chi connectivity index (χ2v) is 5.57. The van der Waals surface area contributed by atoms with Gasteiger partial charge in [-0.25, -0.2) is 0 Å². The summed E-state index contributed by atoms with van der Waals surface area (Å²) in [4.78, 5) is 2.59. The van der Waals surface area contributed by atoms with Gasteiger partial charge in [-0.2, -0.15) is 11.8 Å². The number of likely N-dealkylation sites (tertiary alicyclic amines) is 1. The summed E-state index contributed by atoms with van der Waals surface area (Å²) in [6.45, 7) is 5.13. The molecule has 2 rings (SSSR count). The molecule has 1 atom stereocenters. The predicted molar refractivity (Wildman–Crippen MR) is 64.0 cm³/mol. The van der Waals surface area contributed by atoms with Gasteiger partial charge < -0.3 is 10.2 Å². The van der Waals surface area contributed by atoms with Crippen LogP contribution < -0.4 is 5.32 Å². The molecule has 0 aromatic rings. The molecular formula is C11H22N2S. The normalized spacial score (nSPS) is 29.6. The average Bonchev–Trinajstić information content (AvgIpc) is 2.72. The van der Waals surface area contributed by atoms with Crippen LogP contribution in [0.5, 0.6) is 0 Å². The van der Waals surface area contributed by atoms with Gasteiger partial charge in [0.1, 0.15) is 0 Å². The molecule has 1 unspecified atom stereocenters. The van der Waals surface area contributed by atoms with E-state index in [4.69, 9.17) is 0 Å². The number of hydrogen-bond donors (Lipinski definition) is 1. The molecule has 2 saturated heterocycles. The zero-order valence-corrected chi connectivity index (χ0v) is 9.82. The standard InChI is InChI=1S/C11H22N2S/c1-2-7-13(6-1)8-5-12-11-4-3-9-14-10-11/h11-12H,1-10H2. The van der Waals surface area contributed by atoms with Crippen LogP contribution in [0.1, 0.15) is 25.7 Å². The quantitative estimate of drug-likeness (QED) is 0.765. The second kappa shape index (κ2) is 5.99. The van der Waals surface area contributed by atoms with Crippen molar-refractivity contribution in [2.24, 2.45) is 0 Å². The molecule has 82 valence electrons. The first-order chi connectivity index (χ1) is 6.95. The van der Waals surface area contributed by atoms with E-state index in [-0.39, 0.29) is 0 Å². The molecule has 2 fully saturated rings. The fraction of sp³-hybridized carbons (Fsp3) is 1.00. The van der Waals surface area contributed by atoms with Gasteiger partial charge in [-0.3, -0.25) is 0 Å². The van der Waals surface area contributed by atoms with Crippen LogP contribution in [0.15, 0.2) is 0 Å². The SMILES string of the molecule is C1CSCC(NCCN2CCCC2)C1. The first kappa shape index (κ1) is 10.8. The van der Waals surface area contributed by atoms with E-state index < -0.39 is 0 Å². The van der Waals surface area contributed by atoms with Crippen molar-refractivity contribution in [2.75, 3.05) is 37.7 Å². The van der Waals surface area contributed by atoms with Crippen LogP contribution in [0.4, 0.5) is 0 Å². The lowest BCUT2D eigenvalue weighted by Crippen LogP contribution is -2.38. The van der Waals surface area contributed by atoms with Crippen LogP contribution in [0, 0.1) is 0 Å². The highest BCUT2D eigenvalue weighted by Gasteiger charge is 2.14. The zero-order chi connectivity index (χ0) is 9.64. The molecule has 0 saturated carbocycles. The number of thioether (sulfide) groups is 1. The van der Waals surface area contributed by atoms with Gasteiger partial charge in [-0.15, -0.1) is 0 Å². The molecule has 0 radical (unpaired) electrons. The summed E-state index contributed by atoms with van der Waals surface area (Å²) >= 11 is 2.11. The van der Waals surface area contributed by atoms with E-state index in [1.165, 1.54) is 63.4 Å². The Morgan fingerprint density at radius 3 is 2.79 bits per heavy atom. The van der Waals surface area contributed by atoms with Crippen molar-refractivity contribution in [1.82, 2.24) is 10.2 Å². The third kappa shape index (κ3) is 3.44. The maximum atomic E-state index is 3.69. The molecule has 2 aliphatic heterocycles. The summed E-state index contributed by atoms with van der Waals surface area (Å²) in [7, 11) is 0. The van der Waals surface area contributed by atoms with Crippen molar-refractivity contribution in [1.29, 1.82) is 0 Å². The Bertz CT molecular complexity index is 151. The maximum absolute atomic E-state index is 3.69. The summed E-state index contributed by atoms with van der Waals surface area (Å²) in [5.74, 6) is 2.71. The van der Waals surface area contributed by atoms with Gasteiger partial charge >= 0.3 is 0 Å². The van der Waals surface area contributed by atoms with Crippen molar-refractivity contribution in [2.45, 2.75) is 31.7 Å².